The largest absolute Gasteiger partial charge is 0.469 e. The summed E-state index contributed by atoms with van der Waals surface area (Å²) in [4.78, 5) is 11.5. The lowest BCUT2D eigenvalue weighted by Gasteiger charge is -2.25. The van der Waals surface area contributed by atoms with Gasteiger partial charge in [0.2, 0.25) is 0 Å². The van der Waals surface area contributed by atoms with Gasteiger partial charge in [-0.2, -0.15) is 0 Å². The van der Waals surface area contributed by atoms with E-state index in [1.807, 2.05) is 36.4 Å². The minimum absolute atomic E-state index is 0.0440. The summed E-state index contributed by atoms with van der Waals surface area (Å²) in [6.07, 6.45) is 5.48. The number of benzene rings is 2. The Hall–Kier alpha value is -1.88. The molecule has 2 aromatic carbocycles. The maximum atomic E-state index is 11.5. The highest BCUT2D eigenvalue weighted by atomic mass is 35.5. The number of unbranched alkanes of at least 4 members (excludes halogenated alkanes) is 2. The van der Waals surface area contributed by atoms with Crippen LogP contribution >= 0.6 is 11.6 Å². The van der Waals surface area contributed by atoms with E-state index in [-0.39, 0.29) is 23.2 Å². The molecule has 0 saturated heterocycles. The van der Waals surface area contributed by atoms with Gasteiger partial charge in [-0.05, 0) is 53.9 Å². The molecule has 3 rings (SSSR count). The molecule has 2 aromatic rings. The Morgan fingerprint density at radius 1 is 1.15 bits per heavy atom. The van der Waals surface area contributed by atoms with Crippen molar-refractivity contribution in [1.82, 2.24) is 0 Å². The molecule has 1 fully saturated rings. The molecule has 0 radical (unpaired) electrons. The Labute approximate surface area is 202 Å². The van der Waals surface area contributed by atoms with E-state index < -0.39 is 12.2 Å². The van der Waals surface area contributed by atoms with Crippen LogP contribution in [0.2, 0.25) is 0 Å². The lowest BCUT2D eigenvalue weighted by molar-refractivity contribution is -0.140. The number of aliphatic hydroxyl groups is 2. The number of halogens is 1. The zero-order chi connectivity index (χ0) is 23.8. The maximum Gasteiger partial charge on any atom is 0.305 e. The molecule has 1 aliphatic carbocycles. The fraction of sp³-hybridized carbons (Fsp3) is 0.536. The van der Waals surface area contributed by atoms with Gasteiger partial charge in [0.05, 0.1) is 19.3 Å². The Balaban J connectivity index is 1.70. The first-order chi connectivity index (χ1) is 15.9. The van der Waals surface area contributed by atoms with Crippen LogP contribution in [-0.2, 0) is 22.4 Å². The van der Waals surface area contributed by atoms with E-state index in [1.54, 1.807) is 0 Å². The molecule has 0 heterocycles. The summed E-state index contributed by atoms with van der Waals surface area (Å²) in [5.74, 6) is -0.144. The third kappa shape index (κ3) is 7.05. The average molecular weight is 473 g/mol. The second-order valence-electron chi connectivity index (χ2n) is 9.29. The molecule has 1 aliphatic rings. The van der Waals surface area contributed by atoms with Gasteiger partial charge in [0.1, 0.15) is 0 Å². The van der Waals surface area contributed by atoms with Gasteiger partial charge in [0, 0.05) is 17.7 Å². The molecule has 180 valence electrons. The summed E-state index contributed by atoms with van der Waals surface area (Å²) in [6.45, 7) is 2.16. The summed E-state index contributed by atoms with van der Waals surface area (Å²) in [7, 11) is 1.41. The first-order valence-electron chi connectivity index (χ1n) is 12.2. The van der Waals surface area contributed by atoms with Crippen LogP contribution in [0.15, 0.2) is 48.5 Å². The fourth-order valence-electron chi connectivity index (χ4n) is 5.01. The zero-order valence-corrected chi connectivity index (χ0v) is 20.5. The highest BCUT2D eigenvalue weighted by molar-refractivity contribution is 6.21. The quantitative estimate of drug-likeness (QED) is 0.249. The van der Waals surface area contributed by atoms with Crippen LogP contribution in [-0.4, -0.2) is 34.8 Å². The molecule has 0 spiro atoms. The van der Waals surface area contributed by atoms with Gasteiger partial charge in [0.15, 0.2) is 0 Å². The smallest absolute Gasteiger partial charge is 0.305 e. The predicted molar refractivity (Wildman–Crippen MR) is 133 cm³/mol. The van der Waals surface area contributed by atoms with Gasteiger partial charge in [-0.1, -0.05) is 74.7 Å². The third-order valence-corrected chi connectivity index (χ3v) is 7.40. The molecule has 5 atom stereocenters. The van der Waals surface area contributed by atoms with Gasteiger partial charge >= 0.3 is 5.97 Å². The number of hydrogen-bond acceptors (Lipinski definition) is 4. The van der Waals surface area contributed by atoms with E-state index in [0.29, 0.717) is 19.3 Å². The van der Waals surface area contributed by atoms with Crippen molar-refractivity contribution in [1.29, 1.82) is 0 Å². The van der Waals surface area contributed by atoms with E-state index in [9.17, 15) is 15.0 Å². The van der Waals surface area contributed by atoms with Crippen molar-refractivity contribution in [2.45, 2.75) is 81.8 Å². The van der Waals surface area contributed by atoms with Crippen molar-refractivity contribution in [2.75, 3.05) is 7.11 Å². The normalized spacial score (nSPS) is 23.4. The Morgan fingerprint density at radius 3 is 2.58 bits per heavy atom. The van der Waals surface area contributed by atoms with E-state index >= 15 is 0 Å². The van der Waals surface area contributed by atoms with Crippen LogP contribution in [0.1, 0.15) is 79.7 Å². The van der Waals surface area contributed by atoms with E-state index in [0.717, 1.165) is 54.4 Å². The number of aryl methyl sites for hydroxylation is 1. The van der Waals surface area contributed by atoms with Crippen LogP contribution in [0, 0.1) is 5.92 Å². The van der Waals surface area contributed by atoms with Gasteiger partial charge in [-0.3, -0.25) is 4.79 Å². The number of rotatable bonds is 11. The highest BCUT2D eigenvalue weighted by Gasteiger charge is 2.42. The average Bonchev–Trinajstić information content (AvgIpc) is 3.10. The highest BCUT2D eigenvalue weighted by Crippen LogP contribution is 2.44. The first-order valence-corrected chi connectivity index (χ1v) is 12.6. The number of alkyl halides is 1. The van der Waals surface area contributed by atoms with Gasteiger partial charge in [-0.15, -0.1) is 11.6 Å². The molecule has 0 aromatic heterocycles. The molecule has 0 bridgehead atoms. The van der Waals surface area contributed by atoms with Crippen molar-refractivity contribution < 1.29 is 19.7 Å². The van der Waals surface area contributed by atoms with E-state index in [1.165, 1.54) is 7.11 Å². The van der Waals surface area contributed by atoms with Crippen molar-refractivity contribution in [3.63, 3.8) is 0 Å². The SMILES string of the molecule is CCCCCC(O)c1ccc([C@@H]2[C@@H](Cc3cccc(CCC(=O)OC)c3)[C@H](Cl)C[C@H]2O)cc1. The molecule has 4 nitrogen and oxygen atoms in total. The molecule has 1 saturated carbocycles. The van der Waals surface area contributed by atoms with Crippen molar-refractivity contribution >= 4 is 17.6 Å². The number of aliphatic hydroxyl groups excluding tert-OH is 2. The molecular formula is C28H37ClO4. The third-order valence-electron chi connectivity index (χ3n) is 6.90. The summed E-state index contributed by atoms with van der Waals surface area (Å²) < 4.78 is 4.75. The monoisotopic (exact) mass is 472 g/mol. The van der Waals surface area contributed by atoms with Crippen LogP contribution in [0.25, 0.3) is 0 Å². The van der Waals surface area contributed by atoms with Crippen LogP contribution in [0.3, 0.4) is 0 Å². The fourth-order valence-corrected chi connectivity index (χ4v) is 5.44. The Morgan fingerprint density at radius 2 is 1.88 bits per heavy atom. The number of carbonyl (C=O) groups is 1. The summed E-state index contributed by atoms with van der Waals surface area (Å²) >= 11 is 6.72. The summed E-state index contributed by atoms with van der Waals surface area (Å²) in [5, 5.41) is 21.2. The first kappa shape index (κ1) is 25.7. The molecule has 0 aliphatic heterocycles. The number of hydrogen-bond donors (Lipinski definition) is 2. The standard InChI is InChI=1S/C28H37ClO4/c1-3-4-5-9-25(30)21-11-13-22(14-12-21)28-23(24(29)18-26(28)31)17-20-8-6-7-19(16-20)10-15-27(32)33-2/h6-8,11-14,16,23-26,28,30-31H,3-5,9-10,15,17-18H2,1-2H3/t23-,24+,25?,26+,28+/m0/s1. The lowest BCUT2D eigenvalue weighted by Crippen LogP contribution is -2.21. The van der Waals surface area contributed by atoms with Crippen LogP contribution in [0.5, 0.6) is 0 Å². The van der Waals surface area contributed by atoms with Crippen molar-refractivity contribution in [3.8, 4) is 0 Å². The zero-order valence-electron chi connectivity index (χ0n) is 19.8. The van der Waals surface area contributed by atoms with Crippen molar-refractivity contribution in [2.24, 2.45) is 5.92 Å². The van der Waals surface area contributed by atoms with Gasteiger partial charge < -0.3 is 14.9 Å². The molecule has 33 heavy (non-hydrogen) atoms. The molecule has 2 N–H and O–H groups in total. The second kappa shape index (κ2) is 12.5. The van der Waals surface area contributed by atoms with Gasteiger partial charge in [-0.25, -0.2) is 0 Å². The molecule has 0 amide bonds. The lowest BCUT2D eigenvalue weighted by atomic mass is 9.83. The van der Waals surface area contributed by atoms with Crippen molar-refractivity contribution in [3.05, 3.63) is 70.8 Å². The molecular weight excluding hydrogens is 436 g/mol. The van der Waals surface area contributed by atoms with Gasteiger partial charge in [0.25, 0.3) is 0 Å². The minimum Gasteiger partial charge on any atom is -0.469 e. The maximum absolute atomic E-state index is 11.5. The topological polar surface area (TPSA) is 66.8 Å². The number of esters is 1. The summed E-state index contributed by atoms with van der Waals surface area (Å²) in [5.41, 5.74) is 4.26. The summed E-state index contributed by atoms with van der Waals surface area (Å²) in [6, 6.07) is 16.3. The number of carbonyl (C=O) groups excluding carboxylic acids is 1. The minimum atomic E-state index is -0.486. The number of methoxy groups -OCH3 is 1. The second-order valence-corrected chi connectivity index (χ2v) is 9.85. The van der Waals surface area contributed by atoms with Crippen LogP contribution in [0.4, 0.5) is 0 Å². The van der Waals surface area contributed by atoms with Crippen LogP contribution < -0.4 is 0 Å². The molecule has 1 unspecified atom stereocenters. The Bertz CT molecular complexity index is 882. The Kier molecular flexibility index (Phi) is 9.78. The van der Waals surface area contributed by atoms with E-state index in [4.69, 9.17) is 16.3 Å². The molecule has 5 heteroatoms. The number of ether oxygens (including phenoxy) is 1. The van der Waals surface area contributed by atoms with E-state index in [2.05, 4.69) is 19.1 Å². The predicted octanol–water partition coefficient (Wildman–Crippen LogP) is 5.72.